The highest BCUT2D eigenvalue weighted by atomic mass is 16.5. The van der Waals surface area contributed by atoms with Gasteiger partial charge in [-0.05, 0) is 68.1 Å². The summed E-state index contributed by atoms with van der Waals surface area (Å²) in [6.45, 7) is 1.56. The largest absolute Gasteiger partial charge is 0.457 e. The third kappa shape index (κ3) is 3.87. The Morgan fingerprint density at radius 1 is 0.971 bits per heavy atom. The first kappa shape index (κ1) is 20.7. The van der Waals surface area contributed by atoms with Crippen molar-refractivity contribution in [1.82, 2.24) is 19.7 Å². The van der Waals surface area contributed by atoms with Crippen LogP contribution in [-0.4, -0.2) is 38.7 Å². The van der Waals surface area contributed by atoms with Gasteiger partial charge in [0.05, 0.1) is 11.4 Å². The van der Waals surface area contributed by atoms with E-state index in [9.17, 15) is 4.79 Å². The predicted octanol–water partition coefficient (Wildman–Crippen LogP) is 4.91. The highest BCUT2D eigenvalue weighted by Gasteiger charge is 2.36. The van der Waals surface area contributed by atoms with E-state index in [1.807, 2.05) is 70.2 Å². The number of nitrogens with zero attached hydrogens (tertiary/aromatic N) is 4. The Morgan fingerprint density at radius 3 is 2.50 bits per heavy atom. The van der Waals surface area contributed by atoms with Crippen molar-refractivity contribution in [2.75, 3.05) is 18.8 Å². The normalized spacial score (nSPS) is 18.2. The minimum Gasteiger partial charge on any atom is -0.457 e. The quantitative estimate of drug-likeness (QED) is 0.464. The standard InChI is InChI=1S/C27H27N5O2/c28-26-25-23(14-15-29-26)24(19-5-4-16-31(17-19)27(33)18-8-9-18)30-32(25)20-10-12-22(13-11-20)34-21-6-2-1-3-7-21/h1-3,6-7,10-15,18-19H,4-5,8-9,16-17H2,(H2,28,29)/t19-/m1/s1. The average molecular weight is 454 g/mol. The summed E-state index contributed by atoms with van der Waals surface area (Å²) in [7, 11) is 0. The van der Waals surface area contributed by atoms with Gasteiger partial charge in [-0.1, -0.05) is 18.2 Å². The van der Waals surface area contributed by atoms with Crippen LogP contribution in [0, 0.1) is 5.92 Å². The van der Waals surface area contributed by atoms with Crippen LogP contribution in [0.2, 0.25) is 0 Å². The maximum Gasteiger partial charge on any atom is 0.225 e. The molecule has 0 radical (unpaired) electrons. The second-order valence-corrected chi connectivity index (χ2v) is 9.20. The minimum absolute atomic E-state index is 0.183. The van der Waals surface area contributed by atoms with Crippen LogP contribution in [0.25, 0.3) is 16.6 Å². The summed E-state index contributed by atoms with van der Waals surface area (Å²) < 4.78 is 7.81. The maximum atomic E-state index is 12.7. The smallest absolute Gasteiger partial charge is 0.225 e. The Balaban J connectivity index is 1.33. The molecule has 3 heterocycles. The Kier molecular flexibility index (Phi) is 5.17. The second-order valence-electron chi connectivity index (χ2n) is 9.20. The molecule has 2 aliphatic rings. The van der Waals surface area contributed by atoms with Crippen LogP contribution in [0.15, 0.2) is 66.9 Å². The number of nitrogen functional groups attached to an aromatic ring is 1. The van der Waals surface area contributed by atoms with Crippen LogP contribution >= 0.6 is 0 Å². The van der Waals surface area contributed by atoms with Gasteiger partial charge in [0.1, 0.15) is 22.8 Å². The predicted molar refractivity (Wildman–Crippen MR) is 131 cm³/mol. The summed E-state index contributed by atoms with van der Waals surface area (Å²) in [5.74, 6) is 2.72. The molecular formula is C27H27N5O2. The number of anilines is 1. The molecule has 2 aromatic carbocycles. The lowest BCUT2D eigenvalue weighted by molar-refractivity contribution is -0.133. The number of amides is 1. The number of hydrogen-bond acceptors (Lipinski definition) is 5. The molecular weight excluding hydrogens is 426 g/mol. The Labute approximate surface area is 198 Å². The second kappa shape index (κ2) is 8.48. The van der Waals surface area contributed by atoms with Gasteiger partial charge in [0.25, 0.3) is 0 Å². The van der Waals surface area contributed by atoms with Gasteiger partial charge >= 0.3 is 0 Å². The lowest BCUT2D eigenvalue weighted by Crippen LogP contribution is -2.40. The SMILES string of the molecule is Nc1nccc2c([C@@H]3CCCN(C(=O)C4CC4)C3)nn(-c3ccc(Oc4ccccc4)cc3)c12. The van der Waals surface area contributed by atoms with Crippen molar-refractivity contribution in [3.63, 3.8) is 0 Å². The fourth-order valence-electron chi connectivity index (χ4n) is 4.87. The number of pyridine rings is 1. The monoisotopic (exact) mass is 453 g/mol. The topological polar surface area (TPSA) is 86.3 Å². The van der Waals surface area contributed by atoms with Gasteiger partial charge in [-0.15, -0.1) is 0 Å². The van der Waals surface area contributed by atoms with Crippen LogP contribution in [0.5, 0.6) is 11.5 Å². The van der Waals surface area contributed by atoms with E-state index in [4.69, 9.17) is 15.6 Å². The van der Waals surface area contributed by atoms with Crippen molar-refractivity contribution in [3.8, 4) is 17.2 Å². The molecule has 34 heavy (non-hydrogen) atoms. The molecule has 7 nitrogen and oxygen atoms in total. The number of carbonyl (C=O) groups is 1. The van der Waals surface area contributed by atoms with Gasteiger partial charge in [0.2, 0.25) is 5.91 Å². The summed E-state index contributed by atoms with van der Waals surface area (Å²) in [5.41, 5.74) is 9.01. The Hall–Kier alpha value is -3.87. The van der Waals surface area contributed by atoms with E-state index in [2.05, 4.69) is 4.98 Å². The van der Waals surface area contributed by atoms with Gasteiger partial charge in [0, 0.05) is 36.5 Å². The van der Waals surface area contributed by atoms with Gasteiger partial charge < -0.3 is 15.4 Å². The zero-order valence-electron chi connectivity index (χ0n) is 18.9. The summed E-state index contributed by atoms with van der Waals surface area (Å²) in [6, 6.07) is 19.5. The zero-order chi connectivity index (χ0) is 23.1. The molecule has 172 valence electrons. The molecule has 4 aromatic rings. The van der Waals surface area contributed by atoms with Crippen molar-refractivity contribution in [2.45, 2.75) is 31.6 Å². The molecule has 1 amide bonds. The number of ether oxygens (including phenoxy) is 1. The van der Waals surface area contributed by atoms with Crippen LogP contribution in [0.1, 0.15) is 37.3 Å². The van der Waals surface area contributed by atoms with Crippen LogP contribution in [0.3, 0.4) is 0 Å². The Bertz CT molecular complexity index is 1330. The van der Waals surface area contributed by atoms with E-state index in [1.54, 1.807) is 6.20 Å². The molecule has 2 aromatic heterocycles. The van der Waals surface area contributed by atoms with Gasteiger partial charge in [0.15, 0.2) is 0 Å². The first-order valence-electron chi connectivity index (χ1n) is 11.9. The van der Waals surface area contributed by atoms with Gasteiger partial charge in [-0.3, -0.25) is 4.79 Å². The number of nitrogens with two attached hydrogens (primary N) is 1. The third-order valence-electron chi connectivity index (χ3n) is 6.75. The molecule has 6 rings (SSSR count). The molecule has 1 atom stereocenters. The van der Waals surface area contributed by atoms with Crippen molar-refractivity contribution in [1.29, 1.82) is 0 Å². The molecule has 2 fully saturated rings. The lowest BCUT2D eigenvalue weighted by Gasteiger charge is -2.32. The fraction of sp³-hybridized carbons (Fsp3) is 0.296. The highest BCUT2D eigenvalue weighted by Crippen LogP contribution is 2.37. The van der Waals surface area contributed by atoms with Crippen molar-refractivity contribution in [2.24, 2.45) is 5.92 Å². The van der Waals surface area contributed by atoms with Crippen LogP contribution in [-0.2, 0) is 4.79 Å². The molecule has 1 saturated heterocycles. The molecule has 7 heteroatoms. The minimum atomic E-state index is 0.183. The van der Waals surface area contributed by atoms with E-state index in [1.165, 1.54) is 0 Å². The number of rotatable bonds is 5. The molecule has 0 unspecified atom stereocenters. The highest BCUT2D eigenvalue weighted by molar-refractivity contribution is 5.91. The Morgan fingerprint density at radius 2 is 1.74 bits per heavy atom. The molecule has 1 aliphatic carbocycles. The maximum absolute atomic E-state index is 12.7. The number of piperidine rings is 1. The number of benzene rings is 2. The van der Waals surface area contributed by atoms with Crippen molar-refractivity contribution >= 4 is 22.6 Å². The van der Waals surface area contributed by atoms with Crippen LogP contribution < -0.4 is 10.5 Å². The summed E-state index contributed by atoms with van der Waals surface area (Å²) in [6.07, 6.45) is 5.80. The molecule has 2 N–H and O–H groups in total. The van der Waals surface area contributed by atoms with Crippen molar-refractivity contribution < 1.29 is 9.53 Å². The third-order valence-corrected chi connectivity index (χ3v) is 6.75. The van der Waals surface area contributed by atoms with E-state index in [-0.39, 0.29) is 11.8 Å². The van der Waals surface area contributed by atoms with Crippen molar-refractivity contribution in [3.05, 3.63) is 72.6 Å². The van der Waals surface area contributed by atoms with E-state index in [0.29, 0.717) is 18.3 Å². The zero-order valence-corrected chi connectivity index (χ0v) is 18.9. The first-order chi connectivity index (χ1) is 16.7. The molecule has 0 spiro atoms. The first-order valence-corrected chi connectivity index (χ1v) is 11.9. The van der Waals surface area contributed by atoms with E-state index >= 15 is 0 Å². The van der Waals surface area contributed by atoms with E-state index in [0.717, 1.165) is 66.0 Å². The van der Waals surface area contributed by atoms with Crippen LogP contribution in [0.4, 0.5) is 5.82 Å². The molecule has 1 aliphatic heterocycles. The lowest BCUT2D eigenvalue weighted by atomic mass is 9.92. The van der Waals surface area contributed by atoms with Gasteiger partial charge in [-0.25, -0.2) is 9.67 Å². The number of hydrogen-bond donors (Lipinski definition) is 1. The number of para-hydroxylation sites is 1. The number of aromatic nitrogens is 3. The summed E-state index contributed by atoms with van der Waals surface area (Å²) in [4.78, 5) is 19.1. The summed E-state index contributed by atoms with van der Waals surface area (Å²) in [5, 5.41) is 6.03. The van der Waals surface area contributed by atoms with E-state index < -0.39 is 0 Å². The van der Waals surface area contributed by atoms with Gasteiger partial charge in [-0.2, -0.15) is 5.10 Å². The molecule has 1 saturated carbocycles. The number of fused-ring (bicyclic) bond motifs is 1. The average Bonchev–Trinajstić information content (AvgIpc) is 3.65. The summed E-state index contributed by atoms with van der Waals surface area (Å²) >= 11 is 0. The molecule has 0 bridgehead atoms. The number of carbonyl (C=O) groups excluding carboxylic acids is 1. The number of likely N-dealkylation sites (tertiary alicyclic amines) is 1. The fourth-order valence-corrected chi connectivity index (χ4v) is 4.87.